The molecular formula is C16H5F11NO2-. The van der Waals surface area contributed by atoms with Crippen LogP contribution in [0.25, 0.3) is 10.6 Å². The fourth-order valence-corrected chi connectivity index (χ4v) is 2.88. The lowest BCUT2D eigenvalue weighted by atomic mass is 9.74. The molecule has 0 aromatic heterocycles. The molecule has 14 heteroatoms. The van der Waals surface area contributed by atoms with Crippen LogP contribution in [-0.2, 0) is 4.79 Å². The maximum atomic E-state index is 13.9. The Balaban J connectivity index is 2.79. The zero-order valence-corrected chi connectivity index (χ0v) is 13.8. The lowest BCUT2D eigenvalue weighted by Gasteiger charge is -2.37. The summed E-state index contributed by atoms with van der Waals surface area (Å²) in [5.41, 5.74) is -7.86. The predicted molar refractivity (Wildman–Crippen MR) is 74.0 cm³/mol. The van der Waals surface area contributed by atoms with E-state index in [1.54, 1.807) is 0 Å². The van der Waals surface area contributed by atoms with Gasteiger partial charge in [-0.3, -0.25) is 4.79 Å². The molecule has 1 aromatic rings. The first-order chi connectivity index (χ1) is 13.3. The molecule has 164 valence electrons. The molecule has 0 heterocycles. The Labute approximate surface area is 159 Å². The van der Waals surface area contributed by atoms with E-state index in [9.17, 15) is 58.2 Å². The predicted octanol–water partition coefficient (Wildman–Crippen LogP) is 4.61. The van der Waals surface area contributed by atoms with Crippen molar-refractivity contribution in [2.45, 2.75) is 29.9 Å². The smallest absolute Gasteiger partial charge is 0.414 e. The number of allylic oxidation sites excluding steroid dienone is 1. The number of carbonyl (C=O) groups is 1. The minimum absolute atomic E-state index is 0.141. The molecule has 1 saturated carbocycles. The van der Waals surface area contributed by atoms with Crippen molar-refractivity contribution in [3.05, 3.63) is 47.3 Å². The van der Waals surface area contributed by atoms with Crippen molar-refractivity contribution in [3.63, 3.8) is 0 Å². The van der Waals surface area contributed by atoms with E-state index < -0.39 is 58.5 Å². The van der Waals surface area contributed by atoms with E-state index in [1.807, 2.05) is 0 Å². The van der Waals surface area contributed by atoms with Crippen LogP contribution >= 0.6 is 0 Å². The van der Waals surface area contributed by atoms with Crippen LogP contribution in [0, 0.1) is 12.0 Å². The van der Waals surface area contributed by atoms with Gasteiger partial charge in [-0.25, -0.2) is 4.85 Å². The van der Waals surface area contributed by atoms with Gasteiger partial charge in [-0.2, -0.15) is 48.3 Å². The first-order valence-corrected chi connectivity index (χ1v) is 7.33. The lowest BCUT2D eigenvalue weighted by Crippen LogP contribution is -2.64. The third kappa shape index (κ3) is 2.46. The van der Waals surface area contributed by atoms with E-state index in [4.69, 9.17) is 6.57 Å². The fraction of sp³-hybridized carbons (Fsp3) is 0.375. The van der Waals surface area contributed by atoms with Crippen LogP contribution in [0.4, 0.5) is 54.0 Å². The van der Waals surface area contributed by atoms with Crippen molar-refractivity contribution in [1.82, 2.24) is 0 Å². The Morgan fingerprint density at radius 2 is 1.27 bits per heavy atom. The van der Waals surface area contributed by atoms with Gasteiger partial charge in [0.1, 0.15) is 0 Å². The van der Waals surface area contributed by atoms with Gasteiger partial charge in [0.05, 0.1) is 6.57 Å². The summed E-state index contributed by atoms with van der Waals surface area (Å²) in [6.07, 6.45) is -8.36. The van der Waals surface area contributed by atoms with Gasteiger partial charge in [0, 0.05) is 0 Å². The van der Waals surface area contributed by atoms with E-state index >= 15 is 0 Å². The zero-order valence-electron chi connectivity index (χ0n) is 13.8. The Kier molecular flexibility index (Phi) is 4.94. The van der Waals surface area contributed by atoms with Crippen LogP contribution in [0.5, 0.6) is 0 Å². The lowest BCUT2D eigenvalue weighted by molar-refractivity contribution is -0.341. The highest BCUT2D eigenvalue weighted by atomic mass is 19.4. The molecule has 1 aliphatic carbocycles. The second kappa shape index (κ2) is 6.32. The van der Waals surface area contributed by atoms with Gasteiger partial charge in [-0.05, 0) is 11.6 Å². The standard InChI is InChI=1S/C16H6F11NO2/c1-28-8-4-2-7(3-5-8)9(29)6-10(30)11(16(25,26)27)12(17,18)14(21,22)15(23,24)13(11,19)20/h2-6,29H/p-1/b9-6-. The molecule has 0 aliphatic heterocycles. The number of halogens is 11. The quantitative estimate of drug-likeness (QED) is 0.291. The van der Waals surface area contributed by atoms with Crippen LogP contribution in [0.15, 0.2) is 30.3 Å². The molecule has 1 aliphatic rings. The van der Waals surface area contributed by atoms with E-state index in [1.165, 1.54) is 0 Å². The summed E-state index contributed by atoms with van der Waals surface area (Å²) in [6.45, 7) is 6.65. The van der Waals surface area contributed by atoms with Crippen molar-refractivity contribution in [3.8, 4) is 0 Å². The first-order valence-electron chi connectivity index (χ1n) is 7.33. The molecule has 0 radical (unpaired) electrons. The normalized spacial score (nSPS) is 23.6. The summed E-state index contributed by atoms with van der Waals surface area (Å²) in [6, 6.07) is 3.07. The van der Waals surface area contributed by atoms with Gasteiger partial charge < -0.3 is 5.11 Å². The van der Waals surface area contributed by atoms with Crippen molar-refractivity contribution in [2.75, 3.05) is 0 Å². The first kappa shape index (κ1) is 23.4. The van der Waals surface area contributed by atoms with Crippen molar-refractivity contribution < 1.29 is 58.2 Å². The fourth-order valence-electron chi connectivity index (χ4n) is 2.88. The highest BCUT2D eigenvalue weighted by Crippen LogP contribution is 2.75. The number of rotatable bonds is 3. The summed E-state index contributed by atoms with van der Waals surface area (Å²) in [7, 11) is 0. The summed E-state index contributed by atoms with van der Waals surface area (Å²) < 4.78 is 149. The number of alkyl halides is 11. The SMILES string of the molecule is [C-]#[N+]c1ccc(/C([O-])=C/C(=O)C2(C(F)(F)F)C(F)(F)C(F)(F)C(F)(F)C2(F)F)cc1. The molecule has 0 N–H and O–H groups in total. The van der Waals surface area contributed by atoms with Crippen LogP contribution in [-0.4, -0.2) is 35.6 Å². The largest absolute Gasteiger partial charge is 0.872 e. The maximum absolute atomic E-state index is 13.9. The minimum Gasteiger partial charge on any atom is -0.872 e. The van der Waals surface area contributed by atoms with Gasteiger partial charge in [-0.15, -0.1) is 0 Å². The molecule has 30 heavy (non-hydrogen) atoms. The van der Waals surface area contributed by atoms with Gasteiger partial charge in [0.2, 0.25) is 0 Å². The van der Waals surface area contributed by atoms with Crippen molar-refractivity contribution in [1.29, 1.82) is 0 Å². The Morgan fingerprint density at radius 1 is 0.867 bits per heavy atom. The molecular weight excluding hydrogens is 447 g/mol. The van der Waals surface area contributed by atoms with Gasteiger partial charge in [0.15, 0.2) is 11.5 Å². The molecule has 2 rings (SSSR count). The summed E-state index contributed by atoms with van der Waals surface area (Å²) >= 11 is 0. The van der Waals surface area contributed by atoms with E-state index in [-0.39, 0.29) is 5.69 Å². The maximum Gasteiger partial charge on any atom is 0.414 e. The Morgan fingerprint density at radius 3 is 1.60 bits per heavy atom. The second-order valence-corrected chi connectivity index (χ2v) is 6.08. The molecule has 0 bridgehead atoms. The third-order valence-electron chi connectivity index (χ3n) is 4.46. The molecule has 1 aromatic carbocycles. The van der Waals surface area contributed by atoms with Crippen LogP contribution < -0.4 is 5.11 Å². The average molecular weight is 452 g/mol. The van der Waals surface area contributed by atoms with Gasteiger partial charge in [-0.1, -0.05) is 30.0 Å². The van der Waals surface area contributed by atoms with Gasteiger partial charge in [0.25, 0.3) is 5.41 Å². The molecule has 1 fully saturated rings. The van der Waals surface area contributed by atoms with Crippen molar-refractivity contribution in [2.24, 2.45) is 5.41 Å². The molecule has 0 spiro atoms. The number of hydrogen-bond donors (Lipinski definition) is 0. The van der Waals surface area contributed by atoms with Crippen LogP contribution in [0.1, 0.15) is 5.56 Å². The topological polar surface area (TPSA) is 44.5 Å². The van der Waals surface area contributed by atoms with Gasteiger partial charge >= 0.3 is 29.9 Å². The Hall–Kier alpha value is -2.85. The number of carbonyl (C=O) groups excluding carboxylic acids is 1. The number of ketones is 1. The minimum atomic E-state index is -7.33. The Bertz CT molecular complexity index is 913. The molecule has 0 unspecified atom stereocenters. The summed E-state index contributed by atoms with van der Waals surface area (Å²) in [5.74, 6) is -34.9. The molecule has 3 nitrogen and oxygen atoms in total. The number of benzene rings is 1. The van der Waals surface area contributed by atoms with Crippen molar-refractivity contribution >= 4 is 17.2 Å². The highest BCUT2D eigenvalue weighted by Gasteiger charge is 3.06. The van der Waals surface area contributed by atoms with E-state index in [0.717, 1.165) is 12.1 Å². The van der Waals surface area contributed by atoms with Crippen LogP contribution in [0.3, 0.4) is 0 Å². The molecule has 0 saturated heterocycles. The number of nitrogens with zero attached hydrogens (tertiary/aromatic N) is 1. The van der Waals surface area contributed by atoms with E-state index in [0.29, 0.717) is 12.1 Å². The molecule has 0 amide bonds. The zero-order chi connectivity index (χ0) is 23.6. The second-order valence-electron chi connectivity index (χ2n) is 6.08. The summed E-state index contributed by atoms with van der Waals surface area (Å²) in [4.78, 5) is 14.7. The molecule has 0 atom stereocenters. The monoisotopic (exact) mass is 452 g/mol. The third-order valence-corrected chi connectivity index (χ3v) is 4.46. The van der Waals surface area contributed by atoms with E-state index in [2.05, 4.69) is 4.85 Å². The highest BCUT2D eigenvalue weighted by molar-refractivity contribution is 6.02. The average Bonchev–Trinajstić information content (AvgIpc) is 2.65. The summed E-state index contributed by atoms with van der Waals surface area (Å²) in [5, 5.41) is 11.8. The van der Waals surface area contributed by atoms with Crippen LogP contribution in [0.2, 0.25) is 0 Å². The number of hydrogen-bond acceptors (Lipinski definition) is 2.